The summed E-state index contributed by atoms with van der Waals surface area (Å²) in [6.45, 7) is 0. The zero-order valence-electron chi connectivity index (χ0n) is 19.2. The number of nitro groups is 1. The number of carbonyl (C=O) groups excluding carboxylic acids is 1. The van der Waals surface area contributed by atoms with E-state index in [1.807, 2.05) is 24.3 Å². The molecule has 11 nitrogen and oxygen atoms in total. The monoisotopic (exact) mass is 487 g/mol. The van der Waals surface area contributed by atoms with Crippen LogP contribution in [-0.2, 0) is 0 Å². The van der Waals surface area contributed by atoms with Gasteiger partial charge in [0.1, 0.15) is 5.82 Å². The molecule has 0 bridgehead atoms. The lowest BCUT2D eigenvalue weighted by Gasteiger charge is -2.30. The SMILES string of the molecule is COc1cc([C@H]2NC(=O)NC(c3ccc([N+](=O)[O-])cc3)=C2c2nc3ccccc3[nH]2)cc(OC)c1O. The Kier molecular flexibility index (Phi) is 5.65. The number of nitro benzene ring substituents is 1. The predicted molar refractivity (Wildman–Crippen MR) is 132 cm³/mol. The number of hydrogen-bond donors (Lipinski definition) is 4. The van der Waals surface area contributed by atoms with Gasteiger partial charge in [-0.3, -0.25) is 10.1 Å². The van der Waals surface area contributed by atoms with Crippen LogP contribution >= 0.6 is 0 Å². The van der Waals surface area contributed by atoms with Crippen LogP contribution in [0.5, 0.6) is 17.2 Å². The van der Waals surface area contributed by atoms with E-state index in [1.54, 1.807) is 24.3 Å². The molecular formula is C25H21N5O6. The average molecular weight is 487 g/mol. The molecule has 4 N–H and O–H groups in total. The number of phenols is 1. The van der Waals surface area contributed by atoms with Gasteiger partial charge in [0, 0.05) is 17.7 Å². The first-order valence-electron chi connectivity index (χ1n) is 10.9. The highest BCUT2D eigenvalue weighted by atomic mass is 16.6. The van der Waals surface area contributed by atoms with Crippen molar-refractivity contribution < 1.29 is 24.3 Å². The minimum absolute atomic E-state index is 0.0746. The molecule has 36 heavy (non-hydrogen) atoms. The molecule has 0 spiro atoms. The number of imidazole rings is 1. The molecule has 0 fully saturated rings. The van der Waals surface area contributed by atoms with E-state index in [4.69, 9.17) is 14.5 Å². The number of amides is 2. The lowest BCUT2D eigenvalue weighted by molar-refractivity contribution is -0.384. The summed E-state index contributed by atoms with van der Waals surface area (Å²) in [5.41, 5.74) is 3.55. The molecule has 2 amide bonds. The van der Waals surface area contributed by atoms with Gasteiger partial charge in [-0.2, -0.15) is 0 Å². The van der Waals surface area contributed by atoms with Crippen LogP contribution in [0.4, 0.5) is 10.5 Å². The van der Waals surface area contributed by atoms with Gasteiger partial charge in [0.25, 0.3) is 5.69 Å². The Morgan fingerprint density at radius 3 is 2.31 bits per heavy atom. The zero-order chi connectivity index (χ0) is 25.4. The van der Waals surface area contributed by atoms with Crippen molar-refractivity contribution in [1.82, 2.24) is 20.6 Å². The maximum Gasteiger partial charge on any atom is 0.320 e. The van der Waals surface area contributed by atoms with E-state index in [1.165, 1.54) is 26.4 Å². The first-order valence-corrected chi connectivity index (χ1v) is 10.9. The number of nitrogens with zero attached hydrogens (tertiary/aromatic N) is 2. The summed E-state index contributed by atoms with van der Waals surface area (Å²) < 4.78 is 10.6. The second-order valence-electron chi connectivity index (χ2n) is 8.00. The number of benzene rings is 3. The fraction of sp³-hybridized carbons (Fsp3) is 0.120. The number of urea groups is 1. The molecule has 1 aromatic heterocycles. The van der Waals surface area contributed by atoms with Gasteiger partial charge in [-0.15, -0.1) is 0 Å². The lowest BCUT2D eigenvalue weighted by Crippen LogP contribution is -2.43. The minimum Gasteiger partial charge on any atom is -0.502 e. The average Bonchev–Trinajstić information content (AvgIpc) is 3.32. The van der Waals surface area contributed by atoms with Crippen LogP contribution in [0.3, 0.4) is 0 Å². The lowest BCUT2D eigenvalue weighted by atomic mass is 9.91. The third-order valence-corrected chi connectivity index (χ3v) is 5.92. The standard InChI is InChI=1S/C25H21N5O6/c1-35-18-11-14(12-19(36-2)23(18)31)22-20(24-26-16-5-3-4-6-17(16)27-24)21(28-25(32)29-22)13-7-9-15(10-8-13)30(33)34/h3-12,22,31H,1-2H3,(H,26,27)(H2,28,29,32)/t22-/m1/s1. The highest BCUT2D eigenvalue weighted by molar-refractivity contribution is 6.03. The summed E-state index contributed by atoms with van der Waals surface area (Å²) in [5, 5.41) is 27.3. The second kappa shape index (κ2) is 8.95. The molecule has 0 saturated carbocycles. The number of phenolic OH excluding ortho intramolecular Hbond substituents is 1. The summed E-state index contributed by atoms with van der Waals surface area (Å²) in [7, 11) is 2.83. The quantitative estimate of drug-likeness (QED) is 0.236. The number of para-hydroxylation sites is 2. The fourth-order valence-electron chi connectivity index (χ4n) is 4.21. The van der Waals surface area contributed by atoms with Crippen molar-refractivity contribution in [2.45, 2.75) is 6.04 Å². The number of carbonyl (C=O) groups is 1. The molecule has 1 atom stereocenters. The van der Waals surface area contributed by atoms with E-state index >= 15 is 0 Å². The van der Waals surface area contributed by atoms with E-state index in [0.29, 0.717) is 28.2 Å². The van der Waals surface area contributed by atoms with Crippen LogP contribution in [-0.4, -0.2) is 40.2 Å². The number of ether oxygens (including phenoxy) is 2. The Morgan fingerprint density at radius 1 is 1.03 bits per heavy atom. The number of H-pyrrole nitrogens is 1. The summed E-state index contributed by atoms with van der Waals surface area (Å²) >= 11 is 0. The van der Waals surface area contributed by atoms with Gasteiger partial charge < -0.3 is 30.2 Å². The first-order chi connectivity index (χ1) is 17.4. The van der Waals surface area contributed by atoms with Crippen LogP contribution in [0.1, 0.15) is 23.0 Å². The van der Waals surface area contributed by atoms with Crippen molar-refractivity contribution in [3.05, 3.63) is 87.7 Å². The molecule has 182 valence electrons. The van der Waals surface area contributed by atoms with Crippen molar-refractivity contribution in [2.75, 3.05) is 14.2 Å². The molecule has 4 aromatic rings. The number of fused-ring (bicyclic) bond motifs is 1. The molecule has 3 aromatic carbocycles. The Morgan fingerprint density at radius 2 is 1.69 bits per heavy atom. The number of aromatic amines is 1. The highest BCUT2D eigenvalue weighted by Gasteiger charge is 2.33. The van der Waals surface area contributed by atoms with Crippen LogP contribution in [0.15, 0.2) is 60.7 Å². The summed E-state index contributed by atoms with van der Waals surface area (Å²) in [6, 6.07) is 15.3. The molecule has 0 aliphatic carbocycles. The molecule has 5 rings (SSSR count). The molecule has 1 aliphatic heterocycles. The Labute approximate surface area is 204 Å². The van der Waals surface area contributed by atoms with Crippen molar-refractivity contribution in [2.24, 2.45) is 0 Å². The summed E-state index contributed by atoms with van der Waals surface area (Å²) in [6.07, 6.45) is 0. The molecule has 0 unspecified atom stereocenters. The molecule has 0 saturated heterocycles. The number of hydrogen-bond acceptors (Lipinski definition) is 7. The van der Waals surface area contributed by atoms with Crippen molar-refractivity contribution in [3.8, 4) is 17.2 Å². The van der Waals surface area contributed by atoms with E-state index in [-0.39, 0.29) is 22.9 Å². The topological polar surface area (TPSA) is 152 Å². The molecule has 2 heterocycles. The number of nitrogens with one attached hydrogen (secondary N) is 3. The molecular weight excluding hydrogens is 466 g/mol. The second-order valence-corrected chi connectivity index (χ2v) is 8.00. The number of rotatable bonds is 6. The third-order valence-electron chi connectivity index (χ3n) is 5.92. The predicted octanol–water partition coefficient (Wildman–Crippen LogP) is 4.12. The Hall–Kier alpha value is -5.06. The van der Waals surface area contributed by atoms with Crippen molar-refractivity contribution in [1.29, 1.82) is 0 Å². The molecule has 0 radical (unpaired) electrons. The number of aromatic nitrogens is 2. The van der Waals surface area contributed by atoms with Crippen LogP contribution in [0.25, 0.3) is 22.3 Å². The zero-order valence-corrected chi connectivity index (χ0v) is 19.2. The van der Waals surface area contributed by atoms with E-state index < -0.39 is 17.0 Å². The number of non-ortho nitro benzene ring substituents is 1. The van der Waals surface area contributed by atoms with E-state index in [0.717, 1.165) is 11.0 Å². The summed E-state index contributed by atoms with van der Waals surface area (Å²) in [4.78, 5) is 31.5. The van der Waals surface area contributed by atoms with Gasteiger partial charge in [-0.1, -0.05) is 12.1 Å². The van der Waals surface area contributed by atoms with Gasteiger partial charge in [0.05, 0.1) is 41.9 Å². The van der Waals surface area contributed by atoms with E-state index in [9.17, 15) is 20.0 Å². The van der Waals surface area contributed by atoms with Crippen LogP contribution in [0, 0.1) is 10.1 Å². The minimum atomic E-state index is -0.743. The van der Waals surface area contributed by atoms with Crippen LogP contribution < -0.4 is 20.1 Å². The van der Waals surface area contributed by atoms with Crippen molar-refractivity contribution >= 4 is 34.0 Å². The molecule has 1 aliphatic rings. The third kappa shape index (κ3) is 3.92. The highest BCUT2D eigenvalue weighted by Crippen LogP contribution is 2.43. The van der Waals surface area contributed by atoms with Gasteiger partial charge in [-0.05, 0) is 47.5 Å². The Bertz CT molecular complexity index is 1470. The van der Waals surface area contributed by atoms with E-state index in [2.05, 4.69) is 15.6 Å². The fourth-order valence-corrected chi connectivity index (χ4v) is 4.21. The maximum absolute atomic E-state index is 12.8. The number of aromatic hydroxyl groups is 1. The first kappa shape index (κ1) is 22.7. The van der Waals surface area contributed by atoms with Crippen LogP contribution in [0.2, 0.25) is 0 Å². The van der Waals surface area contributed by atoms with Gasteiger partial charge in [0.2, 0.25) is 5.75 Å². The smallest absolute Gasteiger partial charge is 0.320 e. The largest absolute Gasteiger partial charge is 0.502 e. The normalized spacial score (nSPS) is 15.4. The molecule has 11 heteroatoms. The van der Waals surface area contributed by atoms with Gasteiger partial charge in [0.15, 0.2) is 11.5 Å². The Balaban J connectivity index is 1.77. The summed E-state index contributed by atoms with van der Waals surface area (Å²) in [5.74, 6) is 0.637. The maximum atomic E-state index is 12.8. The van der Waals surface area contributed by atoms with Gasteiger partial charge in [-0.25, -0.2) is 9.78 Å². The number of methoxy groups -OCH3 is 2. The van der Waals surface area contributed by atoms with Gasteiger partial charge >= 0.3 is 6.03 Å². The van der Waals surface area contributed by atoms with Crippen molar-refractivity contribution in [3.63, 3.8) is 0 Å².